The molecule has 2 aromatic heterocycles. The van der Waals surface area contributed by atoms with Gasteiger partial charge in [-0.05, 0) is 49.4 Å². The van der Waals surface area contributed by atoms with Crippen LogP contribution in [0.4, 0.5) is 0 Å². The predicted octanol–water partition coefficient (Wildman–Crippen LogP) is 3.65. The number of likely N-dealkylation sites (tertiary alicyclic amines) is 1. The minimum atomic E-state index is -0.0833. The van der Waals surface area contributed by atoms with Gasteiger partial charge in [-0.3, -0.25) is 14.6 Å². The first-order valence-corrected chi connectivity index (χ1v) is 10.0. The molecule has 1 N–H and O–H groups in total. The number of aryl methyl sites for hydroxylation is 1. The molecule has 1 amide bonds. The van der Waals surface area contributed by atoms with E-state index in [-0.39, 0.29) is 17.4 Å². The number of nitrogens with one attached hydrogen (secondary N) is 1. The van der Waals surface area contributed by atoms with Crippen molar-refractivity contribution < 1.29 is 4.79 Å². The number of hydrogen-bond donors (Lipinski definition) is 1. The van der Waals surface area contributed by atoms with E-state index >= 15 is 0 Å². The topological polar surface area (TPSA) is 66.1 Å². The number of carbonyl (C=O) groups excluding carboxylic acids is 1. The van der Waals surface area contributed by atoms with E-state index in [4.69, 9.17) is 0 Å². The molecule has 0 radical (unpaired) electrons. The van der Waals surface area contributed by atoms with Gasteiger partial charge in [0.25, 0.3) is 5.56 Å². The van der Waals surface area contributed by atoms with Crippen LogP contribution in [0.5, 0.6) is 0 Å². The second kappa shape index (κ2) is 8.38. The standard InChI is InChI=1S/C23H25N3O2/c27-22(10-4-8-17-6-2-1-3-7-17)26-14-11-18(12-15-26)20-16-21-19(23(28)25-20)9-5-13-24-21/h1-3,5-7,9,13,16,18H,4,8,10-12,14-15H2,(H,25,28). The van der Waals surface area contributed by atoms with Crippen LogP contribution in [-0.4, -0.2) is 33.9 Å². The molecular weight excluding hydrogens is 350 g/mol. The predicted molar refractivity (Wildman–Crippen MR) is 110 cm³/mol. The Morgan fingerprint density at radius 1 is 1.11 bits per heavy atom. The third-order valence-corrected chi connectivity index (χ3v) is 5.62. The molecule has 1 fully saturated rings. The zero-order valence-corrected chi connectivity index (χ0v) is 15.9. The molecule has 0 unspecified atom stereocenters. The average molecular weight is 375 g/mol. The lowest BCUT2D eigenvalue weighted by Crippen LogP contribution is -2.38. The third kappa shape index (κ3) is 4.14. The summed E-state index contributed by atoms with van der Waals surface area (Å²) in [5.74, 6) is 0.510. The quantitative estimate of drug-likeness (QED) is 0.740. The fourth-order valence-electron chi connectivity index (χ4n) is 4.01. The Hall–Kier alpha value is -2.95. The fraction of sp³-hybridized carbons (Fsp3) is 0.348. The van der Waals surface area contributed by atoms with Crippen molar-refractivity contribution in [1.29, 1.82) is 0 Å². The molecule has 4 rings (SSSR count). The lowest BCUT2D eigenvalue weighted by atomic mass is 9.92. The van der Waals surface area contributed by atoms with Crippen molar-refractivity contribution in [2.45, 2.75) is 38.0 Å². The van der Waals surface area contributed by atoms with Gasteiger partial charge in [-0.1, -0.05) is 30.3 Å². The van der Waals surface area contributed by atoms with E-state index in [1.165, 1.54) is 5.56 Å². The number of pyridine rings is 2. The van der Waals surface area contributed by atoms with Crippen molar-refractivity contribution in [3.8, 4) is 0 Å². The van der Waals surface area contributed by atoms with E-state index in [2.05, 4.69) is 22.1 Å². The molecular formula is C23H25N3O2. The lowest BCUT2D eigenvalue weighted by molar-refractivity contribution is -0.132. The number of hydrogen-bond acceptors (Lipinski definition) is 3. The summed E-state index contributed by atoms with van der Waals surface area (Å²) in [5, 5.41) is 0.622. The molecule has 28 heavy (non-hydrogen) atoms. The molecule has 0 aliphatic carbocycles. The molecule has 5 nitrogen and oxygen atoms in total. The third-order valence-electron chi connectivity index (χ3n) is 5.62. The van der Waals surface area contributed by atoms with E-state index in [1.54, 1.807) is 18.3 Å². The number of piperidine rings is 1. The van der Waals surface area contributed by atoms with Gasteiger partial charge in [0.2, 0.25) is 5.91 Å². The number of aromatic amines is 1. The smallest absolute Gasteiger partial charge is 0.257 e. The van der Waals surface area contributed by atoms with E-state index < -0.39 is 0 Å². The molecule has 3 heterocycles. The summed E-state index contributed by atoms with van der Waals surface area (Å²) >= 11 is 0. The van der Waals surface area contributed by atoms with Crippen molar-refractivity contribution in [1.82, 2.24) is 14.9 Å². The molecule has 1 saturated heterocycles. The summed E-state index contributed by atoms with van der Waals surface area (Å²) in [6.07, 6.45) is 5.87. The first kappa shape index (κ1) is 18.4. The Morgan fingerprint density at radius 2 is 1.89 bits per heavy atom. The number of rotatable bonds is 5. The number of aromatic nitrogens is 2. The van der Waals surface area contributed by atoms with Crippen molar-refractivity contribution in [3.05, 3.63) is 76.3 Å². The maximum absolute atomic E-state index is 12.5. The van der Waals surface area contributed by atoms with Gasteiger partial charge in [0.15, 0.2) is 0 Å². The van der Waals surface area contributed by atoms with E-state index in [1.807, 2.05) is 29.2 Å². The Bertz CT molecular complexity index is 1010. The first-order chi connectivity index (χ1) is 13.7. The largest absolute Gasteiger partial charge is 0.343 e. The average Bonchev–Trinajstić information content (AvgIpc) is 2.74. The number of carbonyl (C=O) groups is 1. The van der Waals surface area contributed by atoms with Gasteiger partial charge in [0.05, 0.1) is 10.9 Å². The highest BCUT2D eigenvalue weighted by Gasteiger charge is 2.24. The minimum absolute atomic E-state index is 0.0833. The highest BCUT2D eigenvalue weighted by atomic mass is 16.2. The Balaban J connectivity index is 1.32. The Labute approximate surface area is 164 Å². The second-order valence-corrected chi connectivity index (χ2v) is 7.48. The monoisotopic (exact) mass is 375 g/mol. The van der Waals surface area contributed by atoms with Crippen LogP contribution in [0, 0.1) is 0 Å². The summed E-state index contributed by atoms with van der Waals surface area (Å²) < 4.78 is 0. The lowest BCUT2D eigenvalue weighted by Gasteiger charge is -2.32. The van der Waals surface area contributed by atoms with Gasteiger partial charge in [0.1, 0.15) is 0 Å². The molecule has 0 saturated carbocycles. The molecule has 0 spiro atoms. The van der Waals surface area contributed by atoms with Gasteiger partial charge in [-0.15, -0.1) is 0 Å². The molecule has 144 valence electrons. The zero-order chi connectivity index (χ0) is 19.3. The van der Waals surface area contributed by atoms with E-state index in [9.17, 15) is 9.59 Å². The van der Waals surface area contributed by atoms with E-state index in [0.717, 1.165) is 50.0 Å². The van der Waals surface area contributed by atoms with Gasteiger partial charge >= 0.3 is 0 Å². The first-order valence-electron chi connectivity index (χ1n) is 10.0. The molecule has 1 aliphatic heterocycles. The molecule has 1 aromatic carbocycles. The van der Waals surface area contributed by atoms with Crippen LogP contribution in [0.1, 0.15) is 42.9 Å². The van der Waals surface area contributed by atoms with Crippen molar-refractivity contribution >= 4 is 16.8 Å². The molecule has 1 aliphatic rings. The number of nitrogens with zero attached hydrogens (tertiary/aromatic N) is 2. The van der Waals surface area contributed by atoms with Crippen LogP contribution in [0.25, 0.3) is 10.9 Å². The number of H-pyrrole nitrogens is 1. The van der Waals surface area contributed by atoms with Gasteiger partial charge < -0.3 is 9.88 Å². The maximum Gasteiger partial charge on any atom is 0.257 e. The molecule has 0 atom stereocenters. The Morgan fingerprint density at radius 3 is 2.68 bits per heavy atom. The van der Waals surface area contributed by atoms with Crippen LogP contribution < -0.4 is 5.56 Å². The molecule has 0 bridgehead atoms. The van der Waals surface area contributed by atoms with Crippen LogP contribution in [0.2, 0.25) is 0 Å². The van der Waals surface area contributed by atoms with Crippen LogP contribution >= 0.6 is 0 Å². The number of benzene rings is 1. The number of fused-ring (bicyclic) bond motifs is 1. The van der Waals surface area contributed by atoms with Crippen LogP contribution in [0.15, 0.2) is 59.5 Å². The van der Waals surface area contributed by atoms with E-state index in [0.29, 0.717) is 11.8 Å². The Kier molecular flexibility index (Phi) is 5.51. The summed E-state index contributed by atoms with van der Waals surface area (Å²) in [5.41, 5.74) is 2.87. The second-order valence-electron chi connectivity index (χ2n) is 7.48. The number of amides is 1. The maximum atomic E-state index is 12.5. The van der Waals surface area contributed by atoms with Crippen molar-refractivity contribution in [3.63, 3.8) is 0 Å². The highest BCUT2D eigenvalue weighted by Crippen LogP contribution is 2.27. The van der Waals surface area contributed by atoms with Crippen molar-refractivity contribution in [2.24, 2.45) is 0 Å². The van der Waals surface area contributed by atoms with Gasteiger partial charge in [-0.25, -0.2) is 0 Å². The summed E-state index contributed by atoms with van der Waals surface area (Å²) in [7, 11) is 0. The fourth-order valence-corrected chi connectivity index (χ4v) is 4.01. The molecule has 5 heteroatoms. The van der Waals surface area contributed by atoms with Crippen LogP contribution in [0.3, 0.4) is 0 Å². The normalized spacial score (nSPS) is 15.1. The zero-order valence-electron chi connectivity index (χ0n) is 15.9. The van der Waals surface area contributed by atoms with Gasteiger partial charge in [-0.2, -0.15) is 0 Å². The highest BCUT2D eigenvalue weighted by molar-refractivity contribution is 5.77. The molecule has 3 aromatic rings. The minimum Gasteiger partial charge on any atom is -0.343 e. The summed E-state index contributed by atoms with van der Waals surface area (Å²) in [6, 6.07) is 15.9. The summed E-state index contributed by atoms with van der Waals surface area (Å²) in [6.45, 7) is 1.49. The SMILES string of the molecule is O=C(CCCc1ccccc1)N1CCC(c2cc3ncccc3c(=O)[nH]2)CC1. The van der Waals surface area contributed by atoms with Crippen LogP contribution in [-0.2, 0) is 11.2 Å². The van der Waals surface area contributed by atoms with Gasteiger partial charge in [0, 0.05) is 37.3 Å². The summed E-state index contributed by atoms with van der Waals surface area (Å²) in [4.78, 5) is 34.1. The van der Waals surface area contributed by atoms with Crippen molar-refractivity contribution in [2.75, 3.05) is 13.1 Å².